The number of hydrogen-bond donors (Lipinski definition) is 1. The maximum Gasteiger partial charge on any atom is 0.343 e. The van der Waals surface area contributed by atoms with E-state index in [4.69, 9.17) is 19.2 Å². The van der Waals surface area contributed by atoms with Gasteiger partial charge in [0.05, 0.1) is 30.7 Å². The maximum atomic E-state index is 13.1. The highest BCUT2D eigenvalue weighted by atomic mass is 32.1. The minimum atomic E-state index is -0.690. The molecule has 4 heterocycles. The molecule has 1 saturated heterocycles. The van der Waals surface area contributed by atoms with Crippen LogP contribution in [-0.2, 0) is 19.0 Å². The molecule has 0 radical (unpaired) electrons. The maximum absolute atomic E-state index is 13.1. The number of anilines is 1. The summed E-state index contributed by atoms with van der Waals surface area (Å²) >= 11 is 1.36. The second kappa shape index (κ2) is 11.0. The Labute approximate surface area is 218 Å². The summed E-state index contributed by atoms with van der Waals surface area (Å²) in [5.74, 6) is -0.399. The second-order valence-corrected chi connectivity index (χ2v) is 10.4. The Kier molecular flexibility index (Phi) is 7.90. The van der Waals surface area contributed by atoms with Gasteiger partial charge < -0.3 is 19.1 Å². The molecule has 1 aliphatic heterocycles. The first-order valence-corrected chi connectivity index (χ1v) is 12.9. The zero-order chi connectivity index (χ0) is 26.7. The van der Waals surface area contributed by atoms with Gasteiger partial charge in [-0.2, -0.15) is 0 Å². The number of esters is 2. The van der Waals surface area contributed by atoms with E-state index in [1.165, 1.54) is 17.5 Å². The molecule has 3 aromatic rings. The molecule has 0 aromatic carbocycles. The molecule has 0 aliphatic carbocycles. The van der Waals surface area contributed by atoms with Crippen LogP contribution in [0.5, 0.6) is 0 Å². The van der Waals surface area contributed by atoms with Crippen molar-refractivity contribution in [2.24, 2.45) is 0 Å². The number of ether oxygens (including phenoxy) is 3. The van der Waals surface area contributed by atoms with Gasteiger partial charge >= 0.3 is 11.9 Å². The number of nitrogens with one attached hydrogen (secondary N) is 1. The minimum absolute atomic E-state index is 0.0566. The summed E-state index contributed by atoms with van der Waals surface area (Å²) in [6, 6.07) is 3.27. The average molecular weight is 530 g/mol. The van der Waals surface area contributed by atoms with Crippen molar-refractivity contribution in [1.29, 1.82) is 0 Å². The Morgan fingerprint density at radius 2 is 2.03 bits per heavy atom. The van der Waals surface area contributed by atoms with Crippen molar-refractivity contribution >= 4 is 40.1 Å². The van der Waals surface area contributed by atoms with Gasteiger partial charge in [-0.15, -0.1) is 11.3 Å². The Balaban J connectivity index is 1.64. The number of aromatic nitrogens is 3. The summed E-state index contributed by atoms with van der Waals surface area (Å²) in [5.41, 5.74) is -0.708. The first kappa shape index (κ1) is 26.7. The quantitative estimate of drug-likeness (QED) is 0.434. The Bertz CT molecular complexity index is 1330. The van der Waals surface area contributed by atoms with Gasteiger partial charge in [-0.05, 0) is 39.8 Å². The van der Waals surface area contributed by atoms with E-state index < -0.39 is 17.0 Å². The molecule has 1 N–H and O–H groups in total. The normalized spacial score (nSPS) is 17.8. The van der Waals surface area contributed by atoms with Gasteiger partial charge in [0, 0.05) is 38.0 Å². The fraction of sp³-hybridized carbons (Fsp3) is 0.480. The van der Waals surface area contributed by atoms with Gasteiger partial charge in [-0.3, -0.25) is 19.5 Å². The van der Waals surface area contributed by atoms with Gasteiger partial charge in [0.2, 0.25) is 5.43 Å². The first-order valence-electron chi connectivity index (χ1n) is 12.0. The van der Waals surface area contributed by atoms with Crippen LogP contribution in [0.1, 0.15) is 38.1 Å². The van der Waals surface area contributed by atoms with Crippen LogP contribution in [0.25, 0.3) is 16.2 Å². The van der Waals surface area contributed by atoms with E-state index in [1.807, 2.05) is 25.7 Å². The van der Waals surface area contributed by atoms with Crippen molar-refractivity contribution in [2.45, 2.75) is 45.4 Å². The molecule has 0 amide bonds. The van der Waals surface area contributed by atoms with Gasteiger partial charge in [0.15, 0.2) is 10.8 Å². The number of methoxy groups -OCH3 is 1. The molecule has 0 saturated carbocycles. The predicted octanol–water partition coefficient (Wildman–Crippen LogP) is 2.15. The molecule has 1 fully saturated rings. The zero-order valence-corrected chi connectivity index (χ0v) is 22.3. The van der Waals surface area contributed by atoms with E-state index in [0.717, 1.165) is 0 Å². The molecule has 198 valence electrons. The Morgan fingerprint density at radius 3 is 2.68 bits per heavy atom. The predicted molar refractivity (Wildman–Crippen MR) is 140 cm³/mol. The zero-order valence-electron chi connectivity index (χ0n) is 21.5. The van der Waals surface area contributed by atoms with Crippen LogP contribution in [0.15, 0.2) is 34.7 Å². The average Bonchev–Trinajstić information content (AvgIpc) is 3.52. The summed E-state index contributed by atoms with van der Waals surface area (Å²) in [6.07, 6.45) is 2.89. The Morgan fingerprint density at radius 1 is 1.24 bits per heavy atom. The highest BCUT2D eigenvalue weighted by Crippen LogP contribution is 2.25. The standard InChI is InChI=1S/C25H31N5O6S/c1-6-35-23(33)16-12-30(24-26-9-10-37-24)22-15(21(16)32)7-8-19(28-22)29-13-17(18(14-29)34-5)27-11-20(31)36-25(2,3)4/h7-10,12,17-18,27H,6,11,13-14H2,1-5H3. The fourth-order valence-corrected chi connectivity index (χ4v) is 4.81. The van der Waals surface area contributed by atoms with Gasteiger partial charge in [0.25, 0.3) is 0 Å². The SMILES string of the molecule is CCOC(=O)c1cn(-c2nccs2)c2nc(N3CC(NCC(=O)OC(C)(C)C)C(OC)C3)ccc2c1=O. The minimum Gasteiger partial charge on any atom is -0.462 e. The van der Waals surface area contributed by atoms with Crippen molar-refractivity contribution in [2.75, 3.05) is 38.3 Å². The third-order valence-electron chi connectivity index (χ3n) is 5.78. The van der Waals surface area contributed by atoms with Crippen LogP contribution < -0.4 is 15.6 Å². The van der Waals surface area contributed by atoms with Crippen molar-refractivity contribution in [3.05, 3.63) is 45.7 Å². The summed E-state index contributed by atoms with van der Waals surface area (Å²) in [4.78, 5) is 49.0. The third kappa shape index (κ3) is 5.97. The lowest BCUT2D eigenvalue weighted by Crippen LogP contribution is -2.44. The van der Waals surface area contributed by atoms with Crippen LogP contribution in [0.4, 0.5) is 5.82 Å². The van der Waals surface area contributed by atoms with Crippen LogP contribution in [-0.4, -0.2) is 77.6 Å². The summed E-state index contributed by atoms with van der Waals surface area (Å²) in [7, 11) is 1.63. The molecule has 4 rings (SSSR count). The van der Waals surface area contributed by atoms with Crippen LogP contribution in [0, 0.1) is 0 Å². The van der Waals surface area contributed by atoms with Crippen LogP contribution >= 0.6 is 11.3 Å². The summed E-state index contributed by atoms with van der Waals surface area (Å²) in [5, 5.41) is 5.88. The smallest absolute Gasteiger partial charge is 0.343 e. The van der Waals surface area contributed by atoms with Gasteiger partial charge in [0.1, 0.15) is 17.0 Å². The number of rotatable bonds is 8. The number of fused-ring (bicyclic) bond motifs is 1. The molecular weight excluding hydrogens is 498 g/mol. The number of carbonyl (C=O) groups excluding carboxylic acids is 2. The van der Waals surface area contributed by atoms with Gasteiger partial charge in [-0.25, -0.2) is 14.8 Å². The first-order chi connectivity index (χ1) is 17.6. The molecular formula is C25H31N5O6S. The van der Waals surface area contributed by atoms with Crippen molar-refractivity contribution in [1.82, 2.24) is 19.9 Å². The topological polar surface area (TPSA) is 125 Å². The third-order valence-corrected chi connectivity index (χ3v) is 6.55. The lowest BCUT2D eigenvalue weighted by Gasteiger charge is -2.22. The van der Waals surface area contributed by atoms with E-state index in [-0.39, 0.29) is 42.2 Å². The van der Waals surface area contributed by atoms with E-state index in [2.05, 4.69) is 10.3 Å². The molecule has 1 aliphatic rings. The lowest BCUT2D eigenvalue weighted by atomic mass is 10.2. The number of carbonyl (C=O) groups is 2. The lowest BCUT2D eigenvalue weighted by molar-refractivity contribution is -0.153. The van der Waals surface area contributed by atoms with E-state index in [0.29, 0.717) is 29.7 Å². The molecule has 11 nitrogen and oxygen atoms in total. The largest absolute Gasteiger partial charge is 0.462 e. The summed E-state index contributed by atoms with van der Waals surface area (Å²) < 4.78 is 17.8. The molecule has 37 heavy (non-hydrogen) atoms. The molecule has 12 heteroatoms. The van der Waals surface area contributed by atoms with Crippen molar-refractivity contribution in [3.8, 4) is 5.13 Å². The molecule has 0 bridgehead atoms. The molecule has 2 atom stereocenters. The number of nitrogens with zero attached hydrogens (tertiary/aromatic N) is 4. The highest BCUT2D eigenvalue weighted by Gasteiger charge is 2.34. The van der Waals surface area contributed by atoms with E-state index in [1.54, 1.807) is 42.3 Å². The summed E-state index contributed by atoms with van der Waals surface area (Å²) in [6.45, 7) is 8.44. The van der Waals surface area contributed by atoms with Crippen LogP contribution in [0.2, 0.25) is 0 Å². The fourth-order valence-electron chi connectivity index (χ4n) is 4.19. The number of pyridine rings is 2. The second-order valence-electron chi connectivity index (χ2n) is 9.57. The number of hydrogen-bond acceptors (Lipinski definition) is 11. The molecule has 3 aromatic heterocycles. The van der Waals surface area contributed by atoms with E-state index >= 15 is 0 Å². The monoisotopic (exact) mass is 529 g/mol. The van der Waals surface area contributed by atoms with Gasteiger partial charge in [-0.1, -0.05) is 0 Å². The van der Waals surface area contributed by atoms with Crippen LogP contribution in [0.3, 0.4) is 0 Å². The van der Waals surface area contributed by atoms with Crippen molar-refractivity contribution < 1.29 is 23.8 Å². The van der Waals surface area contributed by atoms with E-state index in [9.17, 15) is 14.4 Å². The molecule has 2 unspecified atom stereocenters. The highest BCUT2D eigenvalue weighted by molar-refractivity contribution is 7.12. The number of thiazole rings is 1. The molecule has 0 spiro atoms. The Hall–Kier alpha value is -3.35. The van der Waals surface area contributed by atoms with Crippen molar-refractivity contribution in [3.63, 3.8) is 0 Å².